The highest BCUT2D eigenvalue weighted by molar-refractivity contribution is 7.98. The van der Waals surface area contributed by atoms with E-state index in [1.165, 1.54) is 10.5 Å². The molecule has 0 saturated heterocycles. The lowest BCUT2D eigenvalue weighted by molar-refractivity contribution is 0.782. The molecule has 2 heterocycles. The molecular formula is C14H16N6S. The van der Waals surface area contributed by atoms with E-state index >= 15 is 0 Å². The molecule has 3 rings (SSSR count). The number of rotatable bonds is 4. The summed E-state index contributed by atoms with van der Waals surface area (Å²) in [6, 6.07) is 8.27. The lowest BCUT2D eigenvalue weighted by Gasteiger charge is -2.07. The molecule has 0 fully saturated rings. The zero-order chi connectivity index (χ0) is 14.8. The van der Waals surface area contributed by atoms with E-state index in [-0.39, 0.29) is 0 Å². The van der Waals surface area contributed by atoms with E-state index in [1.54, 1.807) is 22.6 Å². The number of benzene rings is 1. The van der Waals surface area contributed by atoms with Gasteiger partial charge in [-0.2, -0.15) is 5.10 Å². The van der Waals surface area contributed by atoms with Gasteiger partial charge in [0, 0.05) is 11.9 Å². The number of nitrogens with zero attached hydrogens (tertiary/aromatic N) is 4. The van der Waals surface area contributed by atoms with E-state index < -0.39 is 0 Å². The SMILES string of the molecule is Cc1ccccc1SCc1nc(NN)c2cnn(C)c2n1. The molecule has 3 N–H and O–H groups in total. The fourth-order valence-electron chi connectivity index (χ4n) is 2.10. The van der Waals surface area contributed by atoms with Crippen molar-refractivity contribution in [3.8, 4) is 0 Å². The fourth-order valence-corrected chi connectivity index (χ4v) is 2.99. The molecule has 0 radical (unpaired) electrons. The van der Waals surface area contributed by atoms with Gasteiger partial charge in [0.05, 0.1) is 17.3 Å². The second kappa shape index (κ2) is 5.71. The maximum atomic E-state index is 5.54. The first-order chi connectivity index (χ1) is 10.2. The van der Waals surface area contributed by atoms with Crippen LogP contribution in [0.5, 0.6) is 0 Å². The predicted octanol–water partition coefficient (Wildman–Crippen LogP) is 2.25. The average molecular weight is 300 g/mol. The van der Waals surface area contributed by atoms with Gasteiger partial charge in [0.1, 0.15) is 5.82 Å². The first-order valence-corrected chi connectivity index (χ1v) is 7.51. The van der Waals surface area contributed by atoms with Crippen LogP contribution in [-0.4, -0.2) is 19.7 Å². The smallest absolute Gasteiger partial charge is 0.163 e. The minimum absolute atomic E-state index is 0.605. The van der Waals surface area contributed by atoms with Gasteiger partial charge in [0.15, 0.2) is 11.5 Å². The summed E-state index contributed by atoms with van der Waals surface area (Å²) in [6.07, 6.45) is 1.71. The van der Waals surface area contributed by atoms with E-state index in [4.69, 9.17) is 5.84 Å². The van der Waals surface area contributed by atoms with Crippen LogP contribution in [-0.2, 0) is 12.8 Å². The first-order valence-electron chi connectivity index (χ1n) is 6.52. The van der Waals surface area contributed by atoms with Crippen molar-refractivity contribution in [2.75, 3.05) is 5.43 Å². The van der Waals surface area contributed by atoms with Crippen LogP contribution >= 0.6 is 11.8 Å². The maximum Gasteiger partial charge on any atom is 0.163 e. The molecule has 6 nitrogen and oxygen atoms in total. The molecule has 0 aliphatic carbocycles. The maximum absolute atomic E-state index is 5.54. The van der Waals surface area contributed by atoms with Gasteiger partial charge < -0.3 is 5.43 Å². The highest BCUT2D eigenvalue weighted by atomic mass is 32.2. The molecule has 2 aromatic heterocycles. The Morgan fingerprint density at radius 1 is 1.29 bits per heavy atom. The van der Waals surface area contributed by atoms with Crippen molar-refractivity contribution in [3.05, 3.63) is 41.9 Å². The second-order valence-electron chi connectivity index (χ2n) is 4.69. The van der Waals surface area contributed by atoms with E-state index in [0.29, 0.717) is 11.6 Å². The lowest BCUT2D eigenvalue weighted by Crippen LogP contribution is -2.11. The predicted molar refractivity (Wildman–Crippen MR) is 84.9 cm³/mol. The Hall–Kier alpha value is -2.12. The van der Waals surface area contributed by atoms with Crippen LogP contribution in [0.25, 0.3) is 11.0 Å². The van der Waals surface area contributed by atoms with Crippen LogP contribution in [0.3, 0.4) is 0 Å². The molecule has 0 aliphatic heterocycles. The van der Waals surface area contributed by atoms with E-state index in [0.717, 1.165) is 16.9 Å². The van der Waals surface area contributed by atoms with Crippen LogP contribution < -0.4 is 11.3 Å². The summed E-state index contributed by atoms with van der Waals surface area (Å²) < 4.78 is 1.72. The third-order valence-corrected chi connectivity index (χ3v) is 4.40. The summed E-state index contributed by atoms with van der Waals surface area (Å²) >= 11 is 1.71. The van der Waals surface area contributed by atoms with Gasteiger partial charge in [-0.15, -0.1) is 11.8 Å². The molecular weight excluding hydrogens is 284 g/mol. The molecule has 3 aromatic rings. The highest BCUT2D eigenvalue weighted by Crippen LogP contribution is 2.26. The largest absolute Gasteiger partial charge is 0.308 e. The van der Waals surface area contributed by atoms with Crippen molar-refractivity contribution in [2.45, 2.75) is 17.6 Å². The van der Waals surface area contributed by atoms with Crippen molar-refractivity contribution in [1.82, 2.24) is 19.7 Å². The number of nitrogen functional groups attached to an aromatic ring is 1. The molecule has 0 unspecified atom stereocenters. The molecule has 0 amide bonds. The summed E-state index contributed by atoms with van der Waals surface area (Å²) in [7, 11) is 1.86. The zero-order valence-corrected chi connectivity index (χ0v) is 12.7. The molecule has 0 spiro atoms. The number of fused-ring (bicyclic) bond motifs is 1. The van der Waals surface area contributed by atoms with Crippen LogP contribution in [0.4, 0.5) is 5.82 Å². The van der Waals surface area contributed by atoms with Gasteiger partial charge in [-0.3, -0.25) is 4.68 Å². The van der Waals surface area contributed by atoms with E-state index in [9.17, 15) is 0 Å². The Kier molecular flexibility index (Phi) is 3.76. The molecule has 7 heteroatoms. The molecule has 0 atom stereocenters. The Bertz CT molecular complexity index is 782. The number of anilines is 1. The molecule has 0 bridgehead atoms. The summed E-state index contributed by atoms with van der Waals surface area (Å²) in [4.78, 5) is 10.2. The van der Waals surface area contributed by atoms with Crippen molar-refractivity contribution in [3.63, 3.8) is 0 Å². The third-order valence-electron chi connectivity index (χ3n) is 3.23. The van der Waals surface area contributed by atoms with Crippen molar-refractivity contribution in [2.24, 2.45) is 12.9 Å². The van der Waals surface area contributed by atoms with Crippen molar-refractivity contribution in [1.29, 1.82) is 0 Å². The number of hydrazine groups is 1. The Labute approximate surface area is 126 Å². The summed E-state index contributed by atoms with van der Waals surface area (Å²) in [5.74, 6) is 7.56. The van der Waals surface area contributed by atoms with Gasteiger partial charge in [-0.05, 0) is 18.6 Å². The normalized spacial score (nSPS) is 11.0. The second-order valence-corrected chi connectivity index (χ2v) is 5.71. The molecule has 0 saturated carbocycles. The monoisotopic (exact) mass is 300 g/mol. The van der Waals surface area contributed by atoms with Gasteiger partial charge in [0.25, 0.3) is 0 Å². The van der Waals surface area contributed by atoms with Crippen molar-refractivity contribution < 1.29 is 0 Å². The molecule has 108 valence electrons. The average Bonchev–Trinajstić information content (AvgIpc) is 2.87. The van der Waals surface area contributed by atoms with Gasteiger partial charge in [-0.25, -0.2) is 15.8 Å². The zero-order valence-electron chi connectivity index (χ0n) is 11.9. The van der Waals surface area contributed by atoms with Gasteiger partial charge in [-0.1, -0.05) is 18.2 Å². The topological polar surface area (TPSA) is 81.6 Å². The lowest BCUT2D eigenvalue weighted by atomic mass is 10.2. The minimum Gasteiger partial charge on any atom is -0.308 e. The summed E-state index contributed by atoms with van der Waals surface area (Å²) in [5.41, 5.74) is 4.65. The summed E-state index contributed by atoms with van der Waals surface area (Å²) in [5, 5.41) is 5.01. The van der Waals surface area contributed by atoms with Crippen LogP contribution in [0.15, 0.2) is 35.4 Å². The minimum atomic E-state index is 0.605. The van der Waals surface area contributed by atoms with Gasteiger partial charge in [0.2, 0.25) is 0 Å². The standard InChI is InChI=1S/C14H16N6S/c1-9-5-3-4-6-11(9)21-8-12-17-13(19-15)10-7-16-20(2)14(10)18-12/h3-7H,8,15H2,1-2H3,(H,17,18,19). The number of hydrogen-bond donors (Lipinski definition) is 2. The Balaban J connectivity index is 1.90. The van der Waals surface area contributed by atoms with Crippen LogP contribution in [0.2, 0.25) is 0 Å². The third kappa shape index (κ3) is 2.70. The first kappa shape index (κ1) is 13.8. The number of nitrogens with two attached hydrogens (primary N) is 1. The fraction of sp³-hybridized carbons (Fsp3) is 0.214. The summed E-state index contributed by atoms with van der Waals surface area (Å²) in [6.45, 7) is 2.10. The highest BCUT2D eigenvalue weighted by Gasteiger charge is 2.11. The molecule has 0 aliphatic rings. The number of thioether (sulfide) groups is 1. The quantitative estimate of drug-likeness (QED) is 0.437. The molecule has 1 aromatic carbocycles. The Morgan fingerprint density at radius 3 is 2.86 bits per heavy atom. The Morgan fingerprint density at radius 2 is 2.10 bits per heavy atom. The van der Waals surface area contributed by atoms with Crippen LogP contribution in [0.1, 0.15) is 11.4 Å². The van der Waals surface area contributed by atoms with E-state index in [1.807, 2.05) is 19.2 Å². The number of nitrogens with one attached hydrogen (secondary N) is 1. The van der Waals surface area contributed by atoms with Crippen LogP contribution in [0, 0.1) is 6.92 Å². The molecule has 21 heavy (non-hydrogen) atoms. The number of hydrogen-bond acceptors (Lipinski definition) is 6. The van der Waals surface area contributed by atoms with E-state index in [2.05, 4.69) is 39.5 Å². The van der Waals surface area contributed by atoms with Crippen molar-refractivity contribution >= 4 is 28.6 Å². The number of aromatic nitrogens is 4. The number of aryl methyl sites for hydroxylation is 2. The van der Waals surface area contributed by atoms with Gasteiger partial charge >= 0.3 is 0 Å².